The van der Waals surface area contributed by atoms with Crippen molar-refractivity contribution in [2.45, 2.75) is 6.54 Å². The number of hydrogen-bond donors (Lipinski definition) is 2. The number of hydrogen-bond acceptors (Lipinski definition) is 3. The van der Waals surface area contributed by atoms with E-state index < -0.39 is 0 Å². The number of amides is 1. The molecule has 6 heteroatoms. The Kier molecular flexibility index (Phi) is 5.11. The highest BCUT2D eigenvalue weighted by molar-refractivity contribution is 9.10. The van der Waals surface area contributed by atoms with Crippen LogP contribution in [0, 0.1) is 0 Å². The zero-order valence-corrected chi connectivity index (χ0v) is 11.9. The summed E-state index contributed by atoms with van der Waals surface area (Å²) in [6, 6.07) is 7.49. The molecule has 0 aliphatic heterocycles. The molecule has 0 aliphatic rings. The summed E-state index contributed by atoms with van der Waals surface area (Å²) in [5.41, 5.74) is 0.796. The number of anilines is 1. The minimum absolute atomic E-state index is 0.0482. The largest absolute Gasteiger partial charge is 0.336 e. The van der Waals surface area contributed by atoms with Crippen molar-refractivity contribution in [3.05, 3.63) is 47.5 Å². The molecule has 0 saturated carbocycles. The first-order valence-electron chi connectivity index (χ1n) is 5.96. The van der Waals surface area contributed by atoms with Gasteiger partial charge >= 0.3 is 0 Å². The van der Waals surface area contributed by atoms with Crippen molar-refractivity contribution in [1.82, 2.24) is 14.9 Å². The van der Waals surface area contributed by atoms with Gasteiger partial charge in [0.2, 0.25) is 5.91 Å². The molecule has 1 aromatic heterocycles. The van der Waals surface area contributed by atoms with Crippen LogP contribution in [0.25, 0.3) is 0 Å². The summed E-state index contributed by atoms with van der Waals surface area (Å²) >= 11 is 3.35. The first kappa shape index (κ1) is 13.8. The van der Waals surface area contributed by atoms with Crippen LogP contribution in [0.1, 0.15) is 0 Å². The highest BCUT2D eigenvalue weighted by Gasteiger charge is 2.01. The number of carbonyl (C=O) groups is 1. The first-order valence-corrected chi connectivity index (χ1v) is 6.75. The van der Waals surface area contributed by atoms with Gasteiger partial charge in [-0.15, -0.1) is 0 Å². The number of halogens is 1. The fourth-order valence-corrected chi connectivity index (χ4v) is 1.83. The molecule has 19 heavy (non-hydrogen) atoms. The lowest BCUT2D eigenvalue weighted by Gasteiger charge is -2.07. The minimum Gasteiger partial charge on any atom is -0.336 e. The van der Waals surface area contributed by atoms with E-state index in [1.54, 1.807) is 12.5 Å². The summed E-state index contributed by atoms with van der Waals surface area (Å²) in [7, 11) is 0. The maximum atomic E-state index is 11.7. The zero-order valence-electron chi connectivity index (χ0n) is 10.3. The summed E-state index contributed by atoms with van der Waals surface area (Å²) < 4.78 is 2.95. The number of carbonyl (C=O) groups excluding carboxylic acids is 1. The predicted octanol–water partition coefficient (Wildman–Crippen LogP) is 1.87. The van der Waals surface area contributed by atoms with E-state index in [0.717, 1.165) is 23.2 Å². The third-order valence-electron chi connectivity index (χ3n) is 2.52. The second-order valence-electron chi connectivity index (χ2n) is 4.03. The van der Waals surface area contributed by atoms with Gasteiger partial charge in [-0.1, -0.05) is 15.9 Å². The molecule has 0 atom stereocenters. The average molecular weight is 323 g/mol. The highest BCUT2D eigenvalue weighted by Crippen LogP contribution is 2.13. The third-order valence-corrected chi connectivity index (χ3v) is 3.05. The minimum atomic E-state index is -0.0482. The fraction of sp³-hybridized carbons (Fsp3) is 0.231. The van der Waals surface area contributed by atoms with Gasteiger partial charge in [0.25, 0.3) is 0 Å². The Hall–Kier alpha value is -1.66. The number of nitrogens with zero attached hydrogens (tertiary/aromatic N) is 2. The summed E-state index contributed by atoms with van der Waals surface area (Å²) in [6.07, 6.45) is 5.38. The summed E-state index contributed by atoms with van der Waals surface area (Å²) in [5, 5.41) is 5.91. The Morgan fingerprint density at radius 2 is 2.11 bits per heavy atom. The maximum Gasteiger partial charge on any atom is 0.238 e. The van der Waals surface area contributed by atoms with E-state index in [0.29, 0.717) is 6.54 Å². The van der Waals surface area contributed by atoms with Gasteiger partial charge in [0.15, 0.2) is 0 Å². The van der Waals surface area contributed by atoms with Crippen LogP contribution in [0.3, 0.4) is 0 Å². The van der Waals surface area contributed by atoms with Crippen LogP contribution in [0.2, 0.25) is 0 Å². The smallest absolute Gasteiger partial charge is 0.238 e. The lowest BCUT2D eigenvalue weighted by molar-refractivity contribution is -0.115. The van der Waals surface area contributed by atoms with E-state index in [1.807, 2.05) is 35.0 Å². The first-order chi connectivity index (χ1) is 9.24. The number of aromatic nitrogens is 2. The van der Waals surface area contributed by atoms with Crippen LogP contribution >= 0.6 is 15.9 Å². The quantitative estimate of drug-likeness (QED) is 0.798. The molecule has 0 radical (unpaired) electrons. The van der Waals surface area contributed by atoms with E-state index >= 15 is 0 Å². The summed E-state index contributed by atoms with van der Waals surface area (Å²) in [5.74, 6) is -0.0482. The van der Waals surface area contributed by atoms with Crippen molar-refractivity contribution in [2.24, 2.45) is 0 Å². The van der Waals surface area contributed by atoms with Crippen LogP contribution in [0.15, 0.2) is 47.5 Å². The van der Waals surface area contributed by atoms with Crippen LogP contribution in [0.4, 0.5) is 5.69 Å². The predicted molar refractivity (Wildman–Crippen MR) is 77.9 cm³/mol. The molecule has 2 aromatic rings. The van der Waals surface area contributed by atoms with Crippen LogP contribution in [-0.2, 0) is 11.3 Å². The molecule has 1 heterocycles. The van der Waals surface area contributed by atoms with Crippen molar-refractivity contribution in [1.29, 1.82) is 0 Å². The summed E-state index contributed by atoms with van der Waals surface area (Å²) in [4.78, 5) is 15.6. The molecule has 0 aliphatic carbocycles. The fourth-order valence-electron chi connectivity index (χ4n) is 1.57. The van der Waals surface area contributed by atoms with Crippen molar-refractivity contribution in [2.75, 3.05) is 18.4 Å². The van der Waals surface area contributed by atoms with Crippen molar-refractivity contribution >= 4 is 27.5 Å². The molecule has 0 unspecified atom stereocenters. The van der Waals surface area contributed by atoms with Gasteiger partial charge in [-0.25, -0.2) is 4.98 Å². The van der Waals surface area contributed by atoms with Crippen LogP contribution < -0.4 is 10.6 Å². The zero-order chi connectivity index (χ0) is 13.5. The molecule has 100 valence electrons. The van der Waals surface area contributed by atoms with Gasteiger partial charge in [-0.3, -0.25) is 4.79 Å². The second kappa shape index (κ2) is 7.06. The van der Waals surface area contributed by atoms with E-state index in [-0.39, 0.29) is 5.91 Å². The van der Waals surface area contributed by atoms with Crippen molar-refractivity contribution in [3.63, 3.8) is 0 Å². The number of imidazole rings is 1. The molecule has 0 saturated heterocycles. The molecule has 5 nitrogen and oxygen atoms in total. The van der Waals surface area contributed by atoms with E-state index in [9.17, 15) is 4.79 Å². The molecular weight excluding hydrogens is 308 g/mol. The number of benzene rings is 1. The molecule has 1 amide bonds. The highest BCUT2D eigenvalue weighted by atomic mass is 79.9. The van der Waals surface area contributed by atoms with E-state index in [1.165, 1.54) is 0 Å². The van der Waals surface area contributed by atoms with Gasteiger partial charge in [-0.2, -0.15) is 0 Å². The van der Waals surface area contributed by atoms with Crippen LogP contribution in [0.5, 0.6) is 0 Å². The standard InChI is InChI=1S/C13H15BrN4O/c14-11-1-3-12(4-2-11)17-13(19)9-15-5-7-18-8-6-16-10-18/h1-4,6,8,10,15H,5,7,9H2,(H,17,19). The summed E-state index contributed by atoms with van der Waals surface area (Å²) in [6.45, 7) is 1.82. The number of rotatable bonds is 6. The number of nitrogens with one attached hydrogen (secondary N) is 2. The van der Waals surface area contributed by atoms with Gasteiger partial charge in [-0.05, 0) is 24.3 Å². The lowest BCUT2D eigenvalue weighted by Crippen LogP contribution is -2.30. The SMILES string of the molecule is O=C(CNCCn1ccnc1)Nc1ccc(Br)cc1. The Bertz CT molecular complexity index is 510. The van der Waals surface area contributed by atoms with Gasteiger partial charge in [0.1, 0.15) is 0 Å². The average Bonchev–Trinajstić information content (AvgIpc) is 2.91. The molecule has 1 aromatic carbocycles. The molecule has 2 rings (SSSR count). The third kappa shape index (κ3) is 4.84. The van der Waals surface area contributed by atoms with E-state index in [2.05, 4.69) is 31.5 Å². The molecule has 2 N–H and O–H groups in total. The Morgan fingerprint density at radius 3 is 2.79 bits per heavy atom. The molecule has 0 spiro atoms. The monoisotopic (exact) mass is 322 g/mol. The van der Waals surface area contributed by atoms with Gasteiger partial charge in [0.05, 0.1) is 12.9 Å². The van der Waals surface area contributed by atoms with Gasteiger partial charge < -0.3 is 15.2 Å². The Morgan fingerprint density at radius 1 is 1.32 bits per heavy atom. The maximum absolute atomic E-state index is 11.7. The Labute approximate surface area is 120 Å². The Balaban J connectivity index is 1.65. The molecular formula is C13H15BrN4O. The van der Waals surface area contributed by atoms with Crippen molar-refractivity contribution in [3.8, 4) is 0 Å². The van der Waals surface area contributed by atoms with Crippen LogP contribution in [-0.4, -0.2) is 28.5 Å². The molecule has 0 bridgehead atoms. The normalized spacial score (nSPS) is 10.4. The second-order valence-corrected chi connectivity index (χ2v) is 4.95. The van der Waals surface area contributed by atoms with Gasteiger partial charge in [0, 0.05) is 35.6 Å². The molecule has 0 fully saturated rings. The topological polar surface area (TPSA) is 59.0 Å². The lowest BCUT2D eigenvalue weighted by atomic mass is 10.3. The van der Waals surface area contributed by atoms with Crippen molar-refractivity contribution < 1.29 is 4.79 Å². The van der Waals surface area contributed by atoms with E-state index in [4.69, 9.17) is 0 Å².